The maximum absolute atomic E-state index is 12.6. The van der Waals surface area contributed by atoms with Crippen LogP contribution in [0.5, 0.6) is 0 Å². The van der Waals surface area contributed by atoms with Crippen LogP contribution >= 0.6 is 11.3 Å². The van der Waals surface area contributed by atoms with Crippen LogP contribution in [0.25, 0.3) is 10.8 Å². The van der Waals surface area contributed by atoms with Crippen molar-refractivity contribution >= 4 is 28.0 Å². The average molecular weight is 307 g/mol. The number of fused-ring (bicyclic) bond motifs is 1. The summed E-state index contributed by atoms with van der Waals surface area (Å²) in [6.07, 6.45) is 2.34. The molecule has 1 N–H and O–H groups in total. The van der Waals surface area contributed by atoms with Gasteiger partial charge >= 0.3 is 0 Å². The zero-order chi connectivity index (χ0) is 15.0. The lowest BCUT2D eigenvalue weighted by atomic mass is 10.0. The molecule has 4 rings (SSSR count). The molecule has 0 aliphatic heterocycles. The summed E-state index contributed by atoms with van der Waals surface area (Å²) in [5, 5.41) is 7.39. The first kappa shape index (κ1) is 13.5. The largest absolute Gasteiger partial charge is 0.351 e. The summed E-state index contributed by atoms with van der Waals surface area (Å²) in [4.78, 5) is 14.0. The molecule has 1 aromatic heterocycles. The van der Waals surface area contributed by atoms with Gasteiger partial charge in [0.15, 0.2) is 0 Å². The normalized spacial score (nSPS) is 15.6. The highest BCUT2D eigenvalue weighted by molar-refractivity contribution is 7.10. The number of rotatable bonds is 4. The van der Waals surface area contributed by atoms with Crippen LogP contribution in [0.4, 0.5) is 0 Å². The summed E-state index contributed by atoms with van der Waals surface area (Å²) in [7, 11) is 0. The maximum Gasteiger partial charge on any atom is 0.251 e. The molecule has 1 heterocycles. The van der Waals surface area contributed by atoms with Crippen molar-refractivity contribution in [1.29, 1.82) is 0 Å². The van der Waals surface area contributed by atoms with Crippen LogP contribution in [0.2, 0.25) is 0 Å². The van der Waals surface area contributed by atoms with Crippen molar-refractivity contribution in [2.75, 3.05) is 6.54 Å². The number of thiophene rings is 1. The molecule has 1 aliphatic carbocycles. The van der Waals surface area contributed by atoms with Crippen LogP contribution in [0.1, 0.15) is 28.1 Å². The Hall–Kier alpha value is -2.13. The molecule has 0 spiro atoms. The summed E-state index contributed by atoms with van der Waals surface area (Å²) in [6, 6.07) is 18.2. The second-order valence-electron chi connectivity index (χ2n) is 5.97. The third-order valence-electron chi connectivity index (χ3n) is 4.52. The van der Waals surface area contributed by atoms with E-state index in [0.717, 1.165) is 22.9 Å². The highest BCUT2D eigenvalue weighted by Crippen LogP contribution is 2.49. The van der Waals surface area contributed by atoms with Crippen LogP contribution in [-0.4, -0.2) is 12.5 Å². The molecule has 3 heteroatoms. The Morgan fingerprint density at radius 1 is 1.05 bits per heavy atom. The molecular weight excluding hydrogens is 290 g/mol. The summed E-state index contributed by atoms with van der Waals surface area (Å²) in [5.74, 6) is 0.0274. The van der Waals surface area contributed by atoms with Crippen LogP contribution in [-0.2, 0) is 5.41 Å². The molecule has 3 aromatic rings. The molecule has 0 saturated heterocycles. The minimum Gasteiger partial charge on any atom is -0.351 e. The molecule has 22 heavy (non-hydrogen) atoms. The Morgan fingerprint density at radius 3 is 2.64 bits per heavy atom. The molecule has 1 aliphatic rings. The van der Waals surface area contributed by atoms with Crippen molar-refractivity contribution in [2.45, 2.75) is 18.3 Å². The van der Waals surface area contributed by atoms with Crippen molar-refractivity contribution in [3.63, 3.8) is 0 Å². The maximum atomic E-state index is 12.6. The van der Waals surface area contributed by atoms with E-state index in [1.165, 1.54) is 17.7 Å². The molecule has 0 bridgehead atoms. The van der Waals surface area contributed by atoms with E-state index in [4.69, 9.17) is 0 Å². The zero-order valence-corrected chi connectivity index (χ0v) is 13.0. The molecule has 1 amide bonds. The third-order valence-corrected chi connectivity index (χ3v) is 5.64. The predicted molar refractivity (Wildman–Crippen MR) is 91.5 cm³/mol. The lowest BCUT2D eigenvalue weighted by Gasteiger charge is -2.15. The number of benzene rings is 2. The number of hydrogen-bond acceptors (Lipinski definition) is 2. The molecule has 0 atom stereocenters. The SMILES string of the molecule is O=C(NCC1(c2cccs2)CC1)c1cccc2ccccc12. The Bertz CT molecular complexity index is 813. The summed E-state index contributed by atoms with van der Waals surface area (Å²) in [6.45, 7) is 0.732. The van der Waals surface area contributed by atoms with E-state index in [-0.39, 0.29) is 11.3 Å². The topological polar surface area (TPSA) is 29.1 Å². The molecule has 1 saturated carbocycles. The third kappa shape index (κ3) is 2.32. The standard InChI is InChI=1S/C19H17NOS/c21-18(16-8-3-6-14-5-1-2-7-15(14)16)20-13-19(10-11-19)17-9-4-12-22-17/h1-9,12H,10-11,13H2,(H,20,21). The van der Waals surface area contributed by atoms with Crippen molar-refractivity contribution in [2.24, 2.45) is 0 Å². The molecule has 2 nitrogen and oxygen atoms in total. The molecule has 2 aromatic carbocycles. The lowest BCUT2D eigenvalue weighted by Crippen LogP contribution is -2.31. The molecular formula is C19H17NOS. The Balaban J connectivity index is 1.55. The summed E-state index contributed by atoms with van der Waals surface area (Å²) < 4.78 is 0. The first-order valence-corrected chi connectivity index (χ1v) is 8.46. The van der Waals surface area contributed by atoms with Gasteiger partial charge in [-0.15, -0.1) is 11.3 Å². The van der Waals surface area contributed by atoms with Gasteiger partial charge in [0.05, 0.1) is 0 Å². The van der Waals surface area contributed by atoms with E-state index in [1.807, 2.05) is 42.5 Å². The van der Waals surface area contributed by atoms with Gasteiger partial charge in [-0.2, -0.15) is 0 Å². The van der Waals surface area contributed by atoms with Crippen LogP contribution in [0, 0.1) is 0 Å². The fourth-order valence-corrected chi connectivity index (χ4v) is 4.00. The highest BCUT2D eigenvalue weighted by atomic mass is 32.1. The van der Waals surface area contributed by atoms with Crippen LogP contribution in [0.3, 0.4) is 0 Å². The minimum absolute atomic E-state index is 0.0274. The quantitative estimate of drug-likeness (QED) is 0.762. The first-order valence-electron chi connectivity index (χ1n) is 7.58. The predicted octanol–water partition coefficient (Wildman–Crippen LogP) is 4.36. The Kier molecular flexibility index (Phi) is 3.23. The zero-order valence-electron chi connectivity index (χ0n) is 12.2. The second-order valence-corrected chi connectivity index (χ2v) is 6.91. The second kappa shape index (κ2) is 5.25. The van der Waals surface area contributed by atoms with E-state index in [9.17, 15) is 4.79 Å². The highest BCUT2D eigenvalue weighted by Gasteiger charge is 2.45. The van der Waals surface area contributed by atoms with Gasteiger partial charge in [-0.3, -0.25) is 4.79 Å². The number of amides is 1. The van der Waals surface area contributed by atoms with Crippen molar-refractivity contribution in [3.05, 3.63) is 70.4 Å². The molecule has 0 unspecified atom stereocenters. The minimum atomic E-state index is 0.0274. The van der Waals surface area contributed by atoms with Crippen molar-refractivity contribution in [3.8, 4) is 0 Å². The van der Waals surface area contributed by atoms with Crippen LogP contribution in [0.15, 0.2) is 60.0 Å². The van der Waals surface area contributed by atoms with E-state index in [2.05, 4.69) is 22.8 Å². The van der Waals surface area contributed by atoms with Gasteiger partial charge in [-0.05, 0) is 41.1 Å². The van der Waals surface area contributed by atoms with Gasteiger partial charge in [0.2, 0.25) is 0 Å². The number of nitrogens with one attached hydrogen (secondary N) is 1. The van der Waals surface area contributed by atoms with E-state index < -0.39 is 0 Å². The summed E-state index contributed by atoms with van der Waals surface area (Å²) in [5.41, 5.74) is 0.953. The van der Waals surface area contributed by atoms with Crippen molar-refractivity contribution < 1.29 is 4.79 Å². The van der Waals surface area contributed by atoms with Gasteiger partial charge in [-0.25, -0.2) is 0 Å². The Morgan fingerprint density at radius 2 is 1.86 bits per heavy atom. The van der Waals surface area contributed by atoms with Gasteiger partial charge in [0, 0.05) is 22.4 Å². The number of hydrogen-bond donors (Lipinski definition) is 1. The fourth-order valence-electron chi connectivity index (χ4n) is 3.01. The number of carbonyl (C=O) groups excluding carboxylic acids is 1. The number of carbonyl (C=O) groups is 1. The fraction of sp³-hybridized carbons (Fsp3) is 0.211. The van der Waals surface area contributed by atoms with Gasteiger partial charge in [-0.1, -0.05) is 42.5 Å². The summed E-state index contributed by atoms with van der Waals surface area (Å²) >= 11 is 1.79. The van der Waals surface area contributed by atoms with E-state index in [1.54, 1.807) is 11.3 Å². The van der Waals surface area contributed by atoms with E-state index in [0.29, 0.717) is 0 Å². The average Bonchev–Trinajstić information content (AvgIpc) is 3.15. The Labute approximate surface area is 133 Å². The monoisotopic (exact) mass is 307 g/mol. The van der Waals surface area contributed by atoms with Crippen LogP contribution < -0.4 is 5.32 Å². The first-order chi connectivity index (χ1) is 10.8. The van der Waals surface area contributed by atoms with E-state index >= 15 is 0 Å². The molecule has 1 fully saturated rings. The van der Waals surface area contributed by atoms with Crippen molar-refractivity contribution in [1.82, 2.24) is 5.32 Å². The lowest BCUT2D eigenvalue weighted by molar-refractivity contribution is 0.0951. The van der Waals surface area contributed by atoms with Gasteiger partial charge in [0.1, 0.15) is 0 Å². The smallest absolute Gasteiger partial charge is 0.251 e. The van der Waals surface area contributed by atoms with Gasteiger partial charge < -0.3 is 5.32 Å². The van der Waals surface area contributed by atoms with Gasteiger partial charge in [0.25, 0.3) is 5.91 Å². The molecule has 110 valence electrons. The molecule has 0 radical (unpaired) electrons.